The second-order valence-electron chi connectivity index (χ2n) is 3.36. The van der Waals surface area contributed by atoms with Gasteiger partial charge in [-0.3, -0.25) is 14.9 Å². The zero-order valence-electron chi connectivity index (χ0n) is 9.73. The van der Waals surface area contributed by atoms with E-state index in [2.05, 4.69) is 9.72 Å². The van der Waals surface area contributed by atoms with E-state index in [1.165, 1.54) is 0 Å². The molecule has 0 unspecified atom stereocenters. The van der Waals surface area contributed by atoms with Gasteiger partial charge in [0.15, 0.2) is 5.69 Å². The summed E-state index contributed by atoms with van der Waals surface area (Å²) in [5.74, 6) is -0.703. The van der Waals surface area contributed by atoms with Crippen molar-refractivity contribution in [2.45, 2.75) is 19.8 Å². The van der Waals surface area contributed by atoms with Crippen LogP contribution in [0.2, 0.25) is 5.02 Å². The maximum absolute atomic E-state index is 12.7. The molecule has 19 heavy (non-hydrogen) atoms. The molecule has 0 fully saturated rings. The summed E-state index contributed by atoms with van der Waals surface area (Å²) in [6.45, 7) is 1.69. The van der Waals surface area contributed by atoms with Crippen molar-refractivity contribution in [2.24, 2.45) is 0 Å². The Hall–Kier alpha value is -1.83. The largest absolute Gasteiger partial charge is 0.466 e. The standard InChI is InChI=1S/C10H9ClF2N2O4/c1-2-19-8(16)4-6-5(11)3-7(15(17)18)9(14-6)10(12)13/h3,10H,2,4H2,1H3. The molecule has 0 aromatic carbocycles. The number of pyridine rings is 1. The second-order valence-corrected chi connectivity index (χ2v) is 3.77. The van der Waals surface area contributed by atoms with Crippen molar-refractivity contribution in [3.05, 3.63) is 32.6 Å². The molecule has 104 valence electrons. The molecule has 0 amide bonds. The molecule has 0 saturated heterocycles. The lowest BCUT2D eigenvalue weighted by molar-refractivity contribution is -0.386. The Morgan fingerprint density at radius 3 is 2.74 bits per heavy atom. The fourth-order valence-electron chi connectivity index (χ4n) is 1.31. The summed E-state index contributed by atoms with van der Waals surface area (Å²) >= 11 is 5.67. The minimum atomic E-state index is -3.14. The molecule has 0 aliphatic rings. The topological polar surface area (TPSA) is 82.3 Å². The maximum Gasteiger partial charge on any atom is 0.311 e. The molecule has 9 heteroatoms. The molecule has 0 aliphatic carbocycles. The number of esters is 1. The molecule has 0 aliphatic heterocycles. The van der Waals surface area contributed by atoms with Gasteiger partial charge in [-0.1, -0.05) is 11.6 Å². The van der Waals surface area contributed by atoms with Gasteiger partial charge in [0.25, 0.3) is 12.1 Å². The number of ether oxygens (including phenoxy) is 1. The van der Waals surface area contributed by atoms with Gasteiger partial charge < -0.3 is 4.74 Å². The number of halogens is 3. The number of carbonyl (C=O) groups excluding carboxylic acids is 1. The number of hydrogen-bond donors (Lipinski definition) is 0. The molecule has 0 saturated carbocycles. The molecular weight excluding hydrogens is 286 g/mol. The van der Waals surface area contributed by atoms with Crippen molar-refractivity contribution in [3.63, 3.8) is 0 Å². The van der Waals surface area contributed by atoms with Gasteiger partial charge in [-0.2, -0.15) is 0 Å². The van der Waals surface area contributed by atoms with Crippen LogP contribution in [0.4, 0.5) is 14.5 Å². The van der Waals surface area contributed by atoms with Crippen molar-refractivity contribution >= 4 is 23.3 Å². The Balaban J connectivity index is 3.17. The number of nitro groups is 1. The van der Waals surface area contributed by atoms with E-state index in [0.717, 1.165) is 6.07 Å². The molecule has 1 rings (SSSR count). The summed E-state index contributed by atoms with van der Waals surface area (Å²) in [4.78, 5) is 24.2. The van der Waals surface area contributed by atoms with Crippen LogP contribution in [0.5, 0.6) is 0 Å². The van der Waals surface area contributed by atoms with Crippen LogP contribution in [-0.4, -0.2) is 22.5 Å². The Labute approximate surface area is 111 Å². The first-order valence-electron chi connectivity index (χ1n) is 5.14. The zero-order valence-corrected chi connectivity index (χ0v) is 10.5. The number of rotatable bonds is 5. The van der Waals surface area contributed by atoms with Gasteiger partial charge in [0.2, 0.25) is 0 Å². The first kappa shape index (κ1) is 15.2. The van der Waals surface area contributed by atoms with Crippen molar-refractivity contribution in [3.8, 4) is 0 Å². The Morgan fingerprint density at radius 2 is 2.26 bits per heavy atom. The first-order valence-corrected chi connectivity index (χ1v) is 5.52. The molecule has 0 radical (unpaired) electrons. The Morgan fingerprint density at radius 1 is 1.63 bits per heavy atom. The highest BCUT2D eigenvalue weighted by atomic mass is 35.5. The summed E-state index contributed by atoms with van der Waals surface area (Å²) in [6.07, 6.45) is -3.57. The molecule has 6 nitrogen and oxygen atoms in total. The van der Waals surface area contributed by atoms with E-state index in [0.29, 0.717) is 0 Å². The lowest BCUT2D eigenvalue weighted by atomic mass is 10.2. The quantitative estimate of drug-likeness (QED) is 0.474. The summed E-state index contributed by atoms with van der Waals surface area (Å²) in [5, 5.41) is 10.4. The Bertz CT molecular complexity index is 511. The fourth-order valence-corrected chi connectivity index (χ4v) is 1.53. The maximum atomic E-state index is 12.7. The van der Waals surface area contributed by atoms with Gasteiger partial charge in [0.1, 0.15) is 0 Å². The monoisotopic (exact) mass is 294 g/mol. The normalized spacial score (nSPS) is 10.6. The molecule has 1 heterocycles. The zero-order chi connectivity index (χ0) is 14.6. The predicted molar refractivity (Wildman–Crippen MR) is 61.2 cm³/mol. The van der Waals surface area contributed by atoms with Crippen LogP contribution in [-0.2, 0) is 16.0 Å². The van der Waals surface area contributed by atoms with E-state index in [4.69, 9.17) is 11.6 Å². The van der Waals surface area contributed by atoms with E-state index >= 15 is 0 Å². The number of aromatic nitrogens is 1. The van der Waals surface area contributed by atoms with E-state index < -0.39 is 35.1 Å². The fraction of sp³-hybridized carbons (Fsp3) is 0.400. The highest BCUT2D eigenvalue weighted by molar-refractivity contribution is 6.31. The first-order chi connectivity index (χ1) is 8.86. The van der Waals surface area contributed by atoms with E-state index in [1.807, 2.05) is 0 Å². The summed E-state index contributed by atoms with van der Waals surface area (Å²) in [6, 6.07) is 0.755. The van der Waals surface area contributed by atoms with Gasteiger partial charge in [0, 0.05) is 6.07 Å². The number of hydrogen-bond acceptors (Lipinski definition) is 5. The van der Waals surface area contributed by atoms with Crippen LogP contribution in [0.25, 0.3) is 0 Å². The van der Waals surface area contributed by atoms with Crippen molar-refractivity contribution < 1.29 is 23.2 Å². The smallest absolute Gasteiger partial charge is 0.311 e. The van der Waals surface area contributed by atoms with Crippen molar-refractivity contribution in [1.29, 1.82) is 0 Å². The van der Waals surface area contributed by atoms with Gasteiger partial charge >= 0.3 is 5.97 Å². The SMILES string of the molecule is CCOC(=O)Cc1nc(C(F)F)c([N+](=O)[O-])cc1Cl. The number of nitrogens with zero attached hydrogens (tertiary/aromatic N) is 2. The third-order valence-corrected chi connectivity index (χ3v) is 2.40. The van der Waals surface area contributed by atoms with E-state index in [-0.39, 0.29) is 17.3 Å². The van der Waals surface area contributed by atoms with Crippen molar-refractivity contribution in [1.82, 2.24) is 4.98 Å². The van der Waals surface area contributed by atoms with Crippen molar-refractivity contribution in [2.75, 3.05) is 6.61 Å². The third kappa shape index (κ3) is 3.82. The minimum absolute atomic E-state index is 0.116. The molecule has 0 atom stereocenters. The third-order valence-electron chi connectivity index (χ3n) is 2.08. The number of carbonyl (C=O) groups is 1. The average molecular weight is 295 g/mol. The van der Waals surface area contributed by atoms with Gasteiger partial charge in [-0.15, -0.1) is 0 Å². The molecule has 0 spiro atoms. The minimum Gasteiger partial charge on any atom is -0.466 e. The molecule has 0 N–H and O–H groups in total. The predicted octanol–water partition coefficient (Wildman–Crippen LogP) is 2.69. The van der Waals surface area contributed by atoms with Crippen LogP contribution >= 0.6 is 11.6 Å². The average Bonchev–Trinajstić information content (AvgIpc) is 2.31. The van der Waals surface area contributed by atoms with Gasteiger partial charge in [-0.25, -0.2) is 13.8 Å². The Kier molecular flexibility index (Phi) is 5.11. The van der Waals surface area contributed by atoms with Crippen LogP contribution in [0, 0.1) is 10.1 Å². The molecule has 1 aromatic rings. The van der Waals surface area contributed by atoms with Gasteiger partial charge in [0.05, 0.1) is 28.7 Å². The molecular formula is C10H9ClF2N2O4. The highest BCUT2D eigenvalue weighted by Crippen LogP contribution is 2.31. The molecule has 0 bridgehead atoms. The van der Waals surface area contributed by atoms with Crippen LogP contribution in [0.15, 0.2) is 6.07 Å². The second kappa shape index (κ2) is 6.37. The van der Waals surface area contributed by atoms with Crippen LogP contribution in [0.1, 0.15) is 24.7 Å². The highest BCUT2D eigenvalue weighted by Gasteiger charge is 2.26. The van der Waals surface area contributed by atoms with E-state index in [9.17, 15) is 23.7 Å². The van der Waals surface area contributed by atoms with Crippen LogP contribution < -0.4 is 0 Å². The lowest BCUT2D eigenvalue weighted by Crippen LogP contribution is -2.11. The lowest BCUT2D eigenvalue weighted by Gasteiger charge is -2.07. The molecule has 1 aromatic heterocycles. The summed E-state index contributed by atoms with van der Waals surface area (Å²) in [5.41, 5.74) is -2.08. The van der Waals surface area contributed by atoms with Crippen LogP contribution in [0.3, 0.4) is 0 Å². The number of alkyl halides is 2. The van der Waals surface area contributed by atoms with Gasteiger partial charge in [-0.05, 0) is 6.92 Å². The summed E-state index contributed by atoms with van der Waals surface area (Å²) < 4.78 is 29.9. The summed E-state index contributed by atoms with van der Waals surface area (Å²) in [7, 11) is 0. The van der Waals surface area contributed by atoms with E-state index in [1.54, 1.807) is 6.92 Å².